The largest absolute Gasteiger partial charge is 0.354 e. The molecule has 128 valence electrons. The van der Waals surface area contributed by atoms with Crippen molar-refractivity contribution in [2.24, 2.45) is 0 Å². The van der Waals surface area contributed by atoms with Crippen molar-refractivity contribution >= 4 is 11.8 Å². The van der Waals surface area contributed by atoms with E-state index < -0.39 is 6.04 Å². The number of nitrogens with zero attached hydrogens (tertiary/aromatic N) is 4. The lowest BCUT2D eigenvalue weighted by Gasteiger charge is -2.13. The van der Waals surface area contributed by atoms with Gasteiger partial charge in [0, 0.05) is 12.1 Å². The van der Waals surface area contributed by atoms with Gasteiger partial charge in [0.1, 0.15) is 12.6 Å². The molecule has 2 amide bonds. The van der Waals surface area contributed by atoms with E-state index in [0.717, 1.165) is 17.5 Å². The standard InChI is InChI=1S/C16H22N6O2/c1-4-9-17-16(24)12(3)18-14(23)10-22-20-15(19-21-22)13-8-6-5-7-11(13)2/h5-8,12H,4,9-10H2,1-3H3,(H,17,24)(H,18,23)/t12-/m1/s1. The van der Waals surface area contributed by atoms with E-state index in [9.17, 15) is 9.59 Å². The van der Waals surface area contributed by atoms with Gasteiger partial charge in [0.25, 0.3) is 0 Å². The van der Waals surface area contributed by atoms with E-state index in [0.29, 0.717) is 12.4 Å². The van der Waals surface area contributed by atoms with Crippen LogP contribution in [0.5, 0.6) is 0 Å². The Morgan fingerprint density at radius 2 is 2.04 bits per heavy atom. The molecule has 0 aliphatic rings. The summed E-state index contributed by atoms with van der Waals surface area (Å²) in [7, 11) is 0. The van der Waals surface area contributed by atoms with Gasteiger partial charge in [-0.05, 0) is 31.0 Å². The molecular weight excluding hydrogens is 308 g/mol. The number of tetrazole rings is 1. The quantitative estimate of drug-likeness (QED) is 0.777. The lowest BCUT2D eigenvalue weighted by molar-refractivity contribution is -0.129. The number of amides is 2. The Kier molecular flexibility index (Phi) is 6.00. The topological polar surface area (TPSA) is 102 Å². The highest BCUT2D eigenvalue weighted by molar-refractivity contribution is 5.87. The second kappa shape index (κ2) is 8.19. The van der Waals surface area contributed by atoms with E-state index in [-0.39, 0.29) is 18.4 Å². The van der Waals surface area contributed by atoms with E-state index in [4.69, 9.17) is 0 Å². The molecule has 0 aliphatic carbocycles. The third kappa shape index (κ3) is 4.61. The fourth-order valence-electron chi connectivity index (χ4n) is 2.12. The number of rotatable bonds is 7. The smallest absolute Gasteiger partial charge is 0.244 e. The summed E-state index contributed by atoms with van der Waals surface area (Å²) in [5.41, 5.74) is 1.90. The van der Waals surface area contributed by atoms with Crippen molar-refractivity contribution < 1.29 is 9.59 Å². The van der Waals surface area contributed by atoms with Crippen LogP contribution in [0, 0.1) is 6.92 Å². The summed E-state index contributed by atoms with van der Waals surface area (Å²) >= 11 is 0. The zero-order valence-electron chi connectivity index (χ0n) is 14.1. The molecule has 0 aliphatic heterocycles. The molecule has 0 bridgehead atoms. The van der Waals surface area contributed by atoms with Crippen molar-refractivity contribution in [3.05, 3.63) is 29.8 Å². The highest BCUT2D eigenvalue weighted by Gasteiger charge is 2.16. The molecule has 8 nitrogen and oxygen atoms in total. The van der Waals surface area contributed by atoms with Gasteiger partial charge in [0.2, 0.25) is 17.6 Å². The Balaban J connectivity index is 1.93. The molecule has 1 aromatic carbocycles. The minimum atomic E-state index is -0.608. The van der Waals surface area contributed by atoms with Crippen LogP contribution in [0.4, 0.5) is 0 Å². The number of benzene rings is 1. The molecule has 0 saturated heterocycles. The number of aromatic nitrogens is 4. The number of carbonyl (C=O) groups excluding carboxylic acids is 2. The molecule has 2 N–H and O–H groups in total. The average Bonchev–Trinajstić information content (AvgIpc) is 3.00. The third-order valence-corrected chi connectivity index (χ3v) is 3.44. The first-order valence-electron chi connectivity index (χ1n) is 7.92. The van der Waals surface area contributed by atoms with Gasteiger partial charge in [-0.2, -0.15) is 4.80 Å². The molecule has 2 aromatic rings. The molecular formula is C16H22N6O2. The van der Waals surface area contributed by atoms with Gasteiger partial charge in [-0.25, -0.2) is 0 Å². The van der Waals surface area contributed by atoms with Crippen LogP contribution < -0.4 is 10.6 Å². The molecule has 1 atom stereocenters. The Labute approximate surface area is 140 Å². The molecule has 1 heterocycles. The molecule has 0 fully saturated rings. The van der Waals surface area contributed by atoms with Crippen molar-refractivity contribution in [2.45, 2.75) is 39.8 Å². The van der Waals surface area contributed by atoms with Crippen molar-refractivity contribution in [3.63, 3.8) is 0 Å². The SMILES string of the molecule is CCCNC(=O)[C@@H](C)NC(=O)Cn1nnc(-c2ccccc2C)n1. The van der Waals surface area contributed by atoms with E-state index in [1.165, 1.54) is 4.80 Å². The van der Waals surface area contributed by atoms with Gasteiger partial charge in [-0.3, -0.25) is 9.59 Å². The van der Waals surface area contributed by atoms with Crippen molar-refractivity contribution in [1.82, 2.24) is 30.8 Å². The van der Waals surface area contributed by atoms with E-state index >= 15 is 0 Å². The molecule has 0 radical (unpaired) electrons. The maximum absolute atomic E-state index is 12.0. The summed E-state index contributed by atoms with van der Waals surface area (Å²) in [6.07, 6.45) is 0.844. The minimum absolute atomic E-state index is 0.0930. The van der Waals surface area contributed by atoms with Gasteiger partial charge in [0.05, 0.1) is 0 Å². The van der Waals surface area contributed by atoms with Crippen LogP contribution in [0.3, 0.4) is 0 Å². The fraction of sp³-hybridized carbons (Fsp3) is 0.438. The normalized spacial score (nSPS) is 11.8. The summed E-state index contributed by atoms with van der Waals surface area (Å²) in [5, 5.41) is 17.4. The summed E-state index contributed by atoms with van der Waals surface area (Å²) in [4.78, 5) is 25.0. The molecule has 0 unspecified atom stereocenters. The Morgan fingerprint density at radius 1 is 1.29 bits per heavy atom. The first-order chi connectivity index (χ1) is 11.5. The Morgan fingerprint density at radius 3 is 2.75 bits per heavy atom. The number of carbonyl (C=O) groups is 2. The van der Waals surface area contributed by atoms with E-state index in [1.807, 2.05) is 38.1 Å². The van der Waals surface area contributed by atoms with Gasteiger partial charge in [0.15, 0.2) is 0 Å². The zero-order chi connectivity index (χ0) is 17.5. The van der Waals surface area contributed by atoms with Gasteiger partial charge in [-0.15, -0.1) is 10.2 Å². The van der Waals surface area contributed by atoms with E-state index in [1.54, 1.807) is 6.92 Å². The zero-order valence-corrected chi connectivity index (χ0v) is 14.1. The van der Waals surface area contributed by atoms with Crippen molar-refractivity contribution in [3.8, 4) is 11.4 Å². The predicted molar refractivity (Wildman–Crippen MR) is 88.9 cm³/mol. The average molecular weight is 330 g/mol. The van der Waals surface area contributed by atoms with Crippen LogP contribution in [0.2, 0.25) is 0 Å². The van der Waals surface area contributed by atoms with E-state index in [2.05, 4.69) is 26.0 Å². The molecule has 2 rings (SSSR count). The highest BCUT2D eigenvalue weighted by Crippen LogP contribution is 2.17. The lowest BCUT2D eigenvalue weighted by atomic mass is 10.1. The first-order valence-corrected chi connectivity index (χ1v) is 7.92. The summed E-state index contributed by atoms with van der Waals surface area (Å²) in [6, 6.07) is 7.08. The second-order valence-corrected chi connectivity index (χ2v) is 5.54. The molecule has 24 heavy (non-hydrogen) atoms. The fourth-order valence-corrected chi connectivity index (χ4v) is 2.12. The minimum Gasteiger partial charge on any atom is -0.354 e. The molecule has 0 spiro atoms. The van der Waals surface area contributed by atoms with Crippen LogP contribution >= 0.6 is 0 Å². The predicted octanol–water partition coefficient (Wildman–Crippen LogP) is 0.679. The maximum Gasteiger partial charge on any atom is 0.244 e. The Bertz CT molecular complexity index is 712. The van der Waals surface area contributed by atoms with Gasteiger partial charge >= 0.3 is 0 Å². The molecule has 0 saturated carbocycles. The first kappa shape index (κ1) is 17.6. The van der Waals surface area contributed by atoms with Crippen LogP contribution in [0.25, 0.3) is 11.4 Å². The molecule has 1 aromatic heterocycles. The summed E-state index contributed by atoms with van der Waals surface area (Å²) in [6.45, 7) is 6.05. The maximum atomic E-state index is 12.0. The lowest BCUT2D eigenvalue weighted by Crippen LogP contribution is -2.46. The van der Waals surface area contributed by atoms with Crippen LogP contribution in [-0.2, 0) is 16.1 Å². The summed E-state index contributed by atoms with van der Waals surface area (Å²) < 4.78 is 0. The third-order valence-electron chi connectivity index (χ3n) is 3.44. The summed E-state index contributed by atoms with van der Waals surface area (Å²) in [5.74, 6) is -0.0881. The van der Waals surface area contributed by atoms with Gasteiger partial charge in [-0.1, -0.05) is 31.2 Å². The number of nitrogens with one attached hydrogen (secondary N) is 2. The van der Waals surface area contributed by atoms with Gasteiger partial charge < -0.3 is 10.6 Å². The highest BCUT2D eigenvalue weighted by atomic mass is 16.2. The van der Waals surface area contributed by atoms with Crippen LogP contribution in [-0.4, -0.2) is 44.6 Å². The van der Waals surface area contributed by atoms with Crippen molar-refractivity contribution in [1.29, 1.82) is 0 Å². The van der Waals surface area contributed by atoms with Crippen LogP contribution in [0.1, 0.15) is 25.8 Å². The van der Waals surface area contributed by atoms with Crippen LogP contribution in [0.15, 0.2) is 24.3 Å². The van der Waals surface area contributed by atoms with Crippen molar-refractivity contribution in [2.75, 3.05) is 6.54 Å². The Hall–Kier alpha value is -2.77. The number of hydrogen-bond acceptors (Lipinski definition) is 5. The second-order valence-electron chi connectivity index (χ2n) is 5.54. The number of hydrogen-bond donors (Lipinski definition) is 2. The molecule has 8 heteroatoms. The monoisotopic (exact) mass is 330 g/mol. The number of aryl methyl sites for hydroxylation is 1.